The van der Waals surface area contributed by atoms with Crippen molar-refractivity contribution in [3.8, 4) is 0 Å². The second kappa shape index (κ2) is 7.66. The summed E-state index contributed by atoms with van der Waals surface area (Å²) in [4.78, 5) is 26.8. The number of thioether (sulfide) groups is 1. The summed E-state index contributed by atoms with van der Waals surface area (Å²) < 4.78 is 5.89. The lowest BCUT2D eigenvalue weighted by Gasteiger charge is -2.26. The Balaban J connectivity index is 1.74. The zero-order valence-electron chi connectivity index (χ0n) is 14.1. The summed E-state index contributed by atoms with van der Waals surface area (Å²) in [6.07, 6.45) is 0. The van der Waals surface area contributed by atoms with Crippen LogP contribution in [0, 0.1) is 13.8 Å². The first-order chi connectivity index (χ1) is 12.0. The van der Waals surface area contributed by atoms with Gasteiger partial charge < -0.3 is 14.6 Å². The molecule has 0 saturated carbocycles. The number of rotatable bonds is 3. The van der Waals surface area contributed by atoms with Crippen LogP contribution in [0.4, 0.5) is 5.69 Å². The van der Waals surface area contributed by atoms with Gasteiger partial charge in [-0.25, -0.2) is 0 Å². The molecule has 1 N–H and O–H groups in total. The van der Waals surface area contributed by atoms with E-state index in [-0.39, 0.29) is 17.6 Å². The van der Waals surface area contributed by atoms with E-state index < -0.39 is 0 Å². The van der Waals surface area contributed by atoms with E-state index in [2.05, 4.69) is 21.2 Å². The first-order valence-electron chi connectivity index (χ1n) is 8.00. The summed E-state index contributed by atoms with van der Waals surface area (Å²) in [5.41, 5.74) is 2.92. The number of carbonyl (C=O) groups is 2. The van der Waals surface area contributed by atoms with E-state index in [1.54, 1.807) is 18.2 Å². The molecular formula is C18H19BrN2O3S. The summed E-state index contributed by atoms with van der Waals surface area (Å²) in [5, 5.41) is 2.84. The number of anilines is 1. The summed E-state index contributed by atoms with van der Waals surface area (Å²) >= 11 is 5.09. The molecule has 1 aromatic heterocycles. The van der Waals surface area contributed by atoms with E-state index >= 15 is 0 Å². The van der Waals surface area contributed by atoms with E-state index in [0.29, 0.717) is 15.9 Å². The van der Waals surface area contributed by atoms with Crippen LogP contribution in [0.5, 0.6) is 0 Å². The van der Waals surface area contributed by atoms with Crippen molar-refractivity contribution in [2.75, 3.05) is 29.9 Å². The number of hydrogen-bond acceptors (Lipinski definition) is 4. The van der Waals surface area contributed by atoms with Crippen LogP contribution in [0.1, 0.15) is 32.0 Å². The SMILES string of the molecule is Cc1cc(C(=O)N2CCSCC2)ccc1NC(=O)c1oc(Br)cc1C. The Hall–Kier alpha value is -1.73. The van der Waals surface area contributed by atoms with Gasteiger partial charge in [0.05, 0.1) is 0 Å². The van der Waals surface area contributed by atoms with Crippen LogP contribution in [0.25, 0.3) is 0 Å². The smallest absolute Gasteiger partial charge is 0.291 e. The molecule has 1 aromatic carbocycles. The van der Waals surface area contributed by atoms with Gasteiger partial charge in [-0.05, 0) is 59.6 Å². The third-order valence-electron chi connectivity index (χ3n) is 4.11. The van der Waals surface area contributed by atoms with Gasteiger partial charge in [0.1, 0.15) is 0 Å². The standard InChI is InChI=1S/C18H19BrN2O3S/c1-11-9-13(18(23)21-5-7-25-8-6-21)3-4-14(11)20-17(22)16-12(2)10-15(19)24-16/h3-4,9-10H,5-8H2,1-2H3,(H,20,22). The molecule has 25 heavy (non-hydrogen) atoms. The van der Waals surface area contributed by atoms with Crippen molar-refractivity contribution < 1.29 is 14.0 Å². The molecular weight excluding hydrogens is 404 g/mol. The lowest BCUT2D eigenvalue weighted by Crippen LogP contribution is -2.37. The lowest BCUT2D eigenvalue weighted by atomic mass is 10.1. The Kier molecular flexibility index (Phi) is 5.54. The van der Waals surface area contributed by atoms with E-state index in [0.717, 1.165) is 35.7 Å². The highest BCUT2D eigenvalue weighted by Crippen LogP contribution is 2.23. The van der Waals surface area contributed by atoms with Crippen molar-refractivity contribution in [2.45, 2.75) is 13.8 Å². The van der Waals surface area contributed by atoms with E-state index in [1.165, 1.54) is 0 Å². The number of hydrogen-bond donors (Lipinski definition) is 1. The van der Waals surface area contributed by atoms with Crippen LogP contribution in [-0.4, -0.2) is 41.3 Å². The largest absolute Gasteiger partial charge is 0.444 e. The molecule has 1 saturated heterocycles. The number of furan rings is 1. The Labute approximate surface area is 159 Å². The normalized spacial score (nSPS) is 14.4. The maximum absolute atomic E-state index is 12.6. The maximum atomic E-state index is 12.6. The molecule has 0 spiro atoms. The minimum Gasteiger partial charge on any atom is -0.444 e. The Bertz CT molecular complexity index is 813. The third-order valence-corrected chi connectivity index (χ3v) is 5.45. The number of carbonyl (C=O) groups excluding carboxylic acids is 2. The number of aryl methyl sites for hydroxylation is 2. The van der Waals surface area contributed by atoms with Crippen LogP contribution in [0.15, 0.2) is 33.4 Å². The molecule has 1 aliphatic rings. The van der Waals surface area contributed by atoms with Gasteiger partial charge >= 0.3 is 0 Å². The fraction of sp³-hybridized carbons (Fsp3) is 0.333. The number of halogens is 1. The van der Waals surface area contributed by atoms with Gasteiger partial charge in [0.15, 0.2) is 10.4 Å². The lowest BCUT2D eigenvalue weighted by molar-refractivity contribution is 0.0772. The predicted octanol–water partition coefficient (Wildman–Crippen LogP) is 4.10. The van der Waals surface area contributed by atoms with Crippen molar-refractivity contribution in [3.05, 3.63) is 51.4 Å². The minimum atomic E-state index is -0.307. The van der Waals surface area contributed by atoms with Crippen molar-refractivity contribution >= 4 is 45.2 Å². The van der Waals surface area contributed by atoms with Crippen LogP contribution >= 0.6 is 27.7 Å². The molecule has 0 radical (unpaired) electrons. The van der Waals surface area contributed by atoms with Crippen LogP contribution in [0.2, 0.25) is 0 Å². The minimum absolute atomic E-state index is 0.0482. The van der Waals surface area contributed by atoms with Gasteiger partial charge in [-0.3, -0.25) is 9.59 Å². The molecule has 3 rings (SSSR count). The van der Waals surface area contributed by atoms with E-state index in [1.807, 2.05) is 36.6 Å². The summed E-state index contributed by atoms with van der Waals surface area (Å²) in [6, 6.07) is 7.11. The van der Waals surface area contributed by atoms with Gasteiger partial charge in [0.25, 0.3) is 11.8 Å². The molecule has 1 aliphatic heterocycles. The topological polar surface area (TPSA) is 62.6 Å². The highest BCUT2D eigenvalue weighted by molar-refractivity contribution is 9.10. The molecule has 132 valence electrons. The Morgan fingerprint density at radius 2 is 1.88 bits per heavy atom. The van der Waals surface area contributed by atoms with E-state index in [4.69, 9.17) is 4.42 Å². The number of nitrogens with one attached hydrogen (secondary N) is 1. The number of nitrogens with zero attached hydrogens (tertiary/aromatic N) is 1. The Morgan fingerprint density at radius 1 is 1.16 bits per heavy atom. The summed E-state index contributed by atoms with van der Waals surface area (Å²) in [6.45, 7) is 5.26. The van der Waals surface area contributed by atoms with Crippen molar-refractivity contribution in [2.24, 2.45) is 0 Å². The van der Waals surface area contributed by atoms with Crippen LogP contribution in [-0.2, 0) is 0 Å². The predicted molar refractivity (Wildman–Crippen MR) is 104 cm³/mol. The van der Waals surface area contributed by atoms with Gasteiger partial charge in [-0.2, -0.15) is 11.8 Å². The van der Waals surface area contributed by atoms with Crippen molar-refractivity contribution in [3.63, 3.8) is 0 Å². The highest BCUT2D eigenvalue weighted by atomic mass is 79.9. The quantitative estimate of drug-likeness (QED) is 0.808. The van der Waals surface area contributed by atoms with Gasteiger partial charge in [0.2, 0.25) is 0 Å². The van der Waals surface area contributed by atoms with Gasteiger partial charge in [0, 0.05) is 41.4 Å². The first kappa shape index (κ1) is 18.1. The molecule has 1 fully saturated rings. The molecule has 0 unspecified atom stereocenters. The van der Waals surface area contributed by atoms with Crippen molar-refractivity contribution in [1.29, 1.82) is 0 Å². The molecule has 2 amide bonds. The van der Waals surface area contributed by atoms with Gasteiger partial charge in [-0.15, -0.1) is 0 Å². The molecule has 0 atom stereocenters. The average molecular weight is 423 g/mol. The molecule has 2 aromatic rings. The molecule has 0 bridgehead atoms. The second-order valence-corrected chi connectivity index (χ2v) is 7.96. The zero-order valence-corrected chi connectivity index (χ0v) is 16.5. The molecule has 5 nitrogen and oxygen atoms in total. The monoisotopic (exact) mass is 422 g/mol. The average Bonchev–Trinajstić information content (AvgIpc) is 2.95. The first-order valence-corrected chi connectivity index (χ1v) is 9.95. The molecule has 0 aliphatic carbocycles. The van der Waals surface area contributed by atoms with Crippen LogP contribution < -0.4 is 5.32 Å². The fourth-order valence-electron chi connectivity index (χ4n) is 2.73. The second-order valence-electron chi connectivity index (χ2n) is 5.95. The maximum Gasteiger partial charge on any atom is 0.291 e. The zero-order chi connectivity index (χ0) is 18.0. The van der Waals surface area contributed by atoms with Crippen molar-refractivity contribution in [1.82, 2.24) is 4.90 Å². The van der Waals surface area contributed by atoms with Gasteiger partial charge in [-0.1, -0.05) is 0 Å². The summed E-state index contributed by atoms with van der Waals surface area (Å²) in [7, 11) is 0. The summed E-state index contributed by atoms with van der Waals surface area (Å²) in [5.74, 6) is 1.98. The highest BCUT2D eigenvalue weighted by Gasteiger charge is 2.20. The fourth-order valence-corrected chi connectivity index (χ4v) is 4.14. The molecule has 2 heterocycles. The number of benzene rings is 1. The Morgan fingerprint density at radius 3 is 2.48 bits per heavy atom. The third kappa shape index (κ3) is 4.10. The molecule has 7 heteroatoms. The van der Waals surface area contributed by atoms with Crippen LogP contribution in [0.3, 0.4) is 0 Å². The number of amides is 2. The van der Waals surface area contributed by atoms with E-state index in [9.17, 15) is 9.59 Å².